The van der Waals surface area contributed by atoms with Crippen LogP contribution in [-0.2, 0) is 0 Å². The largest absolute Gasteiger partial charge is 0.390 e. The standard InChI is InChI=1S/C10H10BrF3N2S/c11-6-2-1-3-7(8(6)9(15)17)16-5-4-10(12,13)14/h1-3,16H,4-5H2,(H2,15,17). The van der Waals surface area contributed by atoms with Crippen LogP contribution in [-0.4, -0.2) is 17.7 Å². The van der Waals surface area contributed by atoms with E-state index in [0.29, 0.717) is 15.7 Å². The van der Waals surface area contributed by atoms with Crippen LogP contribution >= 0.6 is 28.1 Å². The molecule has 0 amide bonds. The molecule has 0 heterocycles. The molecule has 0 aromatic heterocycles. The van der Waals surface area contributed by atoms with Crippen molar-refractivity contribution in [1.82, 2.24) is 0 Å². The van der Waals surface area contributed by atoms with Crippen LogP contribution in [0.5, 0.6) is 0 Å². The number of nitrogens with two attached hydrogens (primary N) is 1. The number of hydrogen-bond donors (Lipinski definition) is 2. The van der Waals surface area contributed by atoms with E-state index in [4.69, 9.17) is 18.0 Å². The first-order valence-corrected chi connectivity index (χ1v) is 5.90. The van der Waals surface area contributed by atoms with Crippen LogP contribution in [0.25, 0.3) is 0 Å². The highest BCUT2D eigenvalue weighted by molar-refractivity contribution is 9.10. The van der Waals surface area contributed by atoms with Crippen LogP contribution < -0.4 is 11.1 Å². The second-order valence-corrected chi connectivity index (χ2v) is 4.61. The monoisotopic (exact) mass is 326 g/mol. The van der Waals surface area contributed by atoms with E-state index in [9.17, 15) is 13.2 Å². The molecule has 17 heavy (non-hydrogen) atoms. The van der Waals surface area contributed by atoms with Gasteiger partial charge in [0, 0.05) is 22.3 Å². The van der Waals surface area contributed by atoms with E-state index in [0.717, 1.165) is 0 Å². The van der Waals surface area contributed by atoms with Gasteiger partial charge in [-0.1, -0.05) is 18.3 Å². The number of alkyl halides is 3. The van der Waals surface area contributed by atoms with Gasteiger partial charge in [0.25, 0.3) is 0 Å². The zero-order valence-corrected chi connectivity index (χ0v) is 11.0. The molecule has 3 N–H and O–H groups in total. The summed E-state index contributed by atoms with van der Waals surface area (Å²) in [5.41, 5.74) is 6.53. The van der Waals surface area contributed by atoms with Crippen molar-refractivity contribution in [3.63, 3.8) is 0 Å². The molecule has 1 rings (SSSR count). The lowest BCUT2D eigenvalue weighted by molar-refractivity contribution is -0.131. The number of anilines is 1. The van der Waals surface area contributed by atoms with Crippen molar-refractivity contribution in [1.29, 1.82) is 0 Å². The fraction of sp³-hybridized carbons (Fsp3) is 0.300. The van der Waals surface area contributed by atoms with Crippen LogP contribution in [0, 0.1) is 0 Å². The molecule has 0 unspecified atom stereocenters. The molecule has 2 nitrogen and oxygen atoms in total. The minimum absolute atomic E-state index is 0.131. The second kappa shape index (κ2) is 5.68. The topological polar surface area (TPSA) is 38.0 Å². The fourth-order valence-corrected chi connectivity index (χ4v) is 2.19. The third-order valence-electron chi connectivity index (χ3n) is 1.98. The molecule has 7 heteroatoms. The Balaban J connectivity index is 2.78. The van der Waals surface area contributed by atoms with E-state index in [1.165, 1.54) is 0 Å². The molecule has 0 atom stereocenters. The van der Waals surface area contributed by atoms with E-state index in [1.807, 2.05) is 0 Å². The van der Waals surface area contributed by atoms with Crippen molar-refractivity contribution < 1.29 is 13.2 Å². The molecular formula is C10H10BrF3N2S. The normalized spacial score (nSPS) is 11.3. The Hall–Kier alpha value is -0.820. The van der Waals surface area contributed by atoms with E-state index < -0.39 is 12.6 Å². The van der Waals surface area contributed by atoms with Crippen LogP contribution in [0.1, 0.15) is 12.0 Å². The summed E-state index contributed by atoms with van der Waals surface area (Å²) in [7, 11) is 0. The van der Waals surface area contributed by atoms with E-state index in [2.05, 4.69) is 21.2 Å². The number of thiocarbonyl (C=S) groups is 1. The van der Waals surface area contributed by atoms with Gasteiger partial charge in [0.2, 0.25) is 0 Å². The van der Waals surface area contributed by atoms with Crippen molar-refractivity contribution >= 4 is 38.8 Å². The highest BCUT2D eigenvalue weighted by Gasteiger charge is 2.26. The van der Waals surface area contributed by atoms with Crippen LogP contribution in [0.15, 0.2) is 22.7 Å². The summed E-state index contributed by atoms with van der Waals surface area (Å²) >= 11 is 8.10. The first kappa shape index (κ1) is 14.2. The molecule has 0 aliphatic rings. The predicted octanol–water partition coefficient (Wildman–Crippen LogP) is 3.45. The molecule has 0 aliphatic heterocycles. The molecule has 0 spiro atoms. The van der Waals surface area contributed by atoms with Crippen LogP contribution in [0.2, 0.25) is 0 Å². The second-order valence-electron chi connectivity index (χ2n) is 3.32. The lowest BCUT2D eigenvalue weighted by Crippen LogP contribution is -2.18. The quantitative estimate of drug-likeness (QED) is 0.832. The van der Waals surface area contributed by atoms with Gasteiger partial charge in [0.05, 0.1) is 6.42 Å². The van der Waals surface area contributed by atoms with Gasteiger partial charge in [-0.25, -0.2) is 0 Å². The van der Waals surface area contributed by atoms with Crippen molar-refractivity contribution in [3.8, 4) is 0 Å². The number of rotatable bonds is 4. The summed E-state index contributed by atoms with van der Waals surface area (Å²) in [5, 5.41) is 2.67. The van der Waals surface area contributed by atoms with E-state index >= 15 is 0 Å². The Bertz CT molecular complexity index is 421. The van der Waals surface area contributed by atoms with Crippen molar-refractivity contribution in [2.45, 2.75) is 12.6 Å². The zero-order valence-electron chi connectivity index (χ0n) is 8.64. The summed E-state index contributed by atoms with van der Waals surface area (Å²) in [6, 6.07) is 5.06. The molecule has 0 saturated heterocycles. The summed E-state index contributed by atoms with van der Waals surface area (Å²) in [6.45, 7) is -0.213. The summed E-state index contributed by atoms with van der Waals surface area (Å²) < 4.78 is 36.6. The van der Waals surface area contributed by atoms with Gasteiger partial charge in [0.15, 0.2) is 0 Å². The number of halogens is 4. The minimum atomic E-state index is -4.18. The predicted molar refractivity (Wildman–Crippen MR) is 69.2 cm³/mol. The minimum Gasteiger partial charge on any atom is -0.389 e. The smallest absolute Gasteiger partial charge is 0.389 e. The molecule has 0 fully saturated rings. The summed E-state index contributed by atoms with van der Waals surface area (Å²) in [6.07, 6.45) is -5.08. The Labute approximate surface area is 111 Å². The van der Waals surface area contributed by atoms with Crippen molar-refractivity contribution in [2.24, 2.45) is 5.73 Å². The summed E-state index contributed by atoms with van der Waals surface area (Å²) in [4.78, 5) is 0.131. The van der Waals surface area contributed by atoms with Gasteiger partial charge in [-0.15, -0.1) is 0 Å². The Morgan fingerprint density at radius 1 is 1.41 bits per heavy atom. The maximum atomic E-state index is 12.0. The SMILES string of the molecule is NC(=S)c1c(Br)cccc1NCCC(F)(F)F. The lowest BCUT2D eigenvalue weighted by Gasteiger charge is -2.13. The first-order valence-electron chi connectivity index (χ1n) is 4.70. The van der Waals surface area contributed by atoms with Gasteiger partial charge in [-0.05, 0) is 28.1 Å². The molecule has 0 aliphatic carbocycles. The van der Waals surface area contributed by atoms with Gasteiger partial charge in [-0.2, -0.15) is 13.2 Å². The maximum Gasteiger partial charge on any atom is 0.390 e. The molecule has 0 bridgehead atoms. The number of nitrogens with one attached hydrogen (secondary N) is 1. The van der Waals surface area contributed by atoms with Crippen LogP contribution in [0.3, 0.4) is 0 Å². The highest BCUT2D eigenvalue weighted by atomic mass is 79.9. The average molecular weight is 327 g/mol. The third kappa shape index (κ3) is 4.51. The zero-order chi connectivity index (χ0) is 13.1. The Morgan fingerprint density at radius 3 is 2.59 bits per heavy atom. The first-order chi connectivity index (χ1) is 7.81. The molecule has 1 aromatic rings. The van der Waals surface area contributed by atoms with Gasteiger partial charge in [-0.3, -0.25) is 0 Å². The summed E-state index contributed by atoms with van der Waals surface area (Å²) in [5.74, 6) is 0. The molecule has 0 saturated carbocycles. The molecular weight excluding hydrogens is 317 g/mol. The van der Waals surface area contributed by atoms with Gasteiger partial charge in [0.1, 0.15) is 4.99 Å². The van der Waals surface area contributed by atoms with Gasteiger partial charge >= 0.3 is 6.18 Å². The third-order valence-corrected chi connectivity index (χ3v) is 2.85. The maximum absolute atomic E-state index is 12.0. The molecule has 1 aromatic carbocycles. The highest BCUT2D eigenvalue weighted by Crippen LogP contribution is 2.25. The van der Waals surface area contributed by atoms with Gasteiger partial charge < -0.3 is 11.1 Å². The van der Waals surface area contributed by atoms with Crippen molar-refractivity contribution in [2.75, 3.05) is 11.9 Å². The number of hydrogen-bond acceptors (Lipinski definition) is 2. The Kier molecular flexibility index (Phi) is 4.76. The number of benzene rings is 1. The molecule has 94 valence electrons. The molecule has 0 radical (unpaired) electrons. The van der Waals surface area contributed by atoms with E-state index in [-0.39, 0.29) is 11.5 Å². The average Bonchev–Trinajstić information content (AvgIpc) is 2.14. The van der Waals surface area contributed by atoms with Crippen LogP contribution in [0.4, 0.5) is 18.9 Å². The lowest BCUT2D eigenvalue weighted by atomic mass is 10.1. The van der Waals surface area contributed by atoms with Crippen molar-refractivity contribution in [3.05, 3.63) is 28.2 Å². The van der Waals surface area contributed by atoms with E-state index in [1.54, 1.807) is 18.2 Å². The Morgan fingerprint density at radius 2 is 2.06 bits per heavy atom. The fourth-order valence-electron chi connectivity index (χ4n) is 1.26.